The average Bonchev–Trinajstić information content (AvgIpc) is 2.85. The van der Waals surface area contributed by atoms with E-state index in [1.807, 2.05) is 32.3 Å². The lowest BCUT2D eigenvalue weighted by molar-refractivity contribution is 0.487. The third-order valence-corrected chi connectivity index (χ3v) is 3.57. The van der Waals surface area contributed by atoms with Crippen molar-refractivity contribution in [1.82, 2.24) is 30.1 Å². The van der Waals surface area contributed by atoms with E-state index in [-0.39, 0.29) is 0 Å². The smallest absolute Gasteiger partial charge is 0.150 e. The molecule has 0 unspecified atom stereocenters. The van der Waals surface area contributed by atoms with Gasteiger partial charge in [0.1, 0.15) is 0 Å². The summed E-state index contributed by atoms with van der Waals surface area (Å²) in [5.74, 6) is 0.889. The second-order valence-corrected chi connectivity index (χ2v) is 5.11. The van der Waals surface area contributed by atoms with Gasteiger partial charge in [0.2, 0.25) is 0 Å². The first-order chi connectivity index (χ1) is 9.66. The van der Waals surface area contributed by atoms with Gasteiger partial charge < -0.3 is 4.90 Å². The predicted octanol–water partition coefficient (Wildman–Crippen LogP) is 1.39. The van der Waals surface area contributed by atoms with Gasteiger partial charge in [0, 0.05) is 26.7 Å². The first kappa shape index (κ1) is 14.5. The summed E-state index contributed by atoms with van der Waals surface area (Å²) >= 11 is 5.44. The molecule has 0 saturated heterocycles. The van der Waals surface area contributed by atoms with Crippen molar-refractivity contribution in [3.63, 3.8) is 0 Å². The van der Waals surface area contributed by atoms with Crippen LogP contribution in [0.2, 0.25) is 0 Å². The van der Waals surface area contributed by atoms with Crippen molar-refractivity contribution in [3.05, 3.63) is 35.9 Å². The topological polar surface area (TPSA) is 59.7 Å². The Labute approximate surface area is 123 Å². The molecule has 0 N–H and O–H groups in total. The Kier molecular flexibility index (Phi) is 5.11. The monoisotopic (exact) mass is 290 g/mol. The van der Waals surface area contributed by atoms with Crippen LogP contribution in [-0.4, -0.2) is 42.1 Å². The molecule has 0 saturated carbocycles. The third-order valence-electron chi connectivity index (χ3n) is 3.05. The predicted molar refractivity (Wildman–Crippen MR) is 80.0 cm³/mol. The van der Waals surface area contributed by atoms with E-state index in [2.05, 4.69) is 25.4 Å². The second-order valence-electron chi connectivity index (χ2n) is 4.64. The molecule has 0 bridgehead atoms. The molecule has 106 valence electrons. The summed E-state index contributed by atoms with van der Waals surface area (Å²) < 4.78 is 1.70. The van der Waals surface area contributed by atoms with E-state index in [4.69, 9.17) is 12.2 Å². The highest BCUT2D eigenvalue weighted by Crippen LogP contribution is 2.06. The molecular weight excluding hydrogens is 272 g/mol. The molecule has 0 aliphatic rings. The van der Waals surface area contributed by atoms with E-state index < -0.39 is 0 Å². The summed E-state index contributed by atoms with van der Waals surface area (Å²) in [5.41, 5.74) is 1.02. The number of hydrogen-bond donors (Lipinski definition) is 0. The molecule has 0 aromatic carbocycles. The molecule has 7 heteroatoms. The van der Waals surface area contributed by atoms with Gasteiger partial charge in [0.05, 0.1) is 17.2 Å². The maximum atomic E-state index is 5.44. The van der Waals surface area contributed by atoms with Crippen molar-refractivity contribution in [2.75, 3.05) is 7.05 Å². The average molecular weight is 290 g/mol. The molecule has 2 heterocycles. The van der Waals surface area contributed by atoms with Crippen LogP contribution in [0.5, 0.6) is 0 Å². The minimum absolute atomic E-state index is 0.741. The van der Waals surface area contributed by atoms with Crippen LogP contribution in [0, 0.1) is 0 Å². The van der Waals surface area contributed by atoms with Crippen LogP contribution in [0.3, 0.4) is 0 Å². The lowest BCUT2D eigenvalue weighted by atomic mass is 10.2. The summed E-state index contributed by atoms with van der Waals surface area (Å²) in [7, 11) is 3.85. The van der Waals surface area contributed by atoms with E-state index in [0.29, 0.717) is 0 Å². The summed E-state index contributed by atoms with van der Waals surface area (Å²) in [6.07, 6.45) is 4.43. The number of aryl methyl sites for hydroxylation is 2. The molecule has 6 nitrogen and oxygen atoms in total. The van der Waals surface area contributed by atoms with Crippen LogP contribution in [0.4, 0.5) is 0 Å². The molecule has 0 amide bonds. The Balaban J connectivity index is 1.76. The van der Waals surface area contributed by atoms with E-state index in [1.165, 1.54) is 0 Å². The van der Waals surface area contributed by atoms with Crippen molar-refractivity contribution in [2.45, 2.75) is 25.8 Å². The number of pyridine rings is 1. The van der Waals surface area contributed by atoms with Gasteiger partial charge in [-0.25, -0.2) is 4.68 Å². The Hall–Kier alpha value is -1.89. The molecule has 2 aromatic rings. The molecule has 0 fully saturated rings. The fraction of sp³-hybridized carbons (Fsp3) is 0.462. The van der Waals surface area contributed by atoms with Gasteiger partial charge >= 0.3 is 0 Å². The number of tetrazole rings is 1. The van der Waals surface area contributed by atoms with Crippen LogP contribution >= 0.6 is 12.2 Å². The van der Waals surface area contributed by atoms with Crippen molar-refractivity contribution in [2.24, 2.45) is 7.05 Å². The fourth-order valence-electron chi connectivity index (χ4n) is 1.87. The van der Waals surface area contributed by atoms with Crippen LogP contribution in [0.25, 0.3) is 0 Å². The van der Waals surface area contributed by atoms with Gasteiger partial charge in [-0.2, -0.15) is 0 Å². The first-order valence-electron chi connectivity index (χ1n) is 6.52. The number of hydrogen-bond acceptors (Lipinski definition) is 5. The van der Waals surface area contributed by atoms with Crippen LogP contribution in [0.1, 0.15) is 24.4 Å². The van der Waals surface area contributed by atoms with Gasteiger partial charge in [-0.1, -0.05) is 18.3 Å². The maximum Gasteiger partial charge on any atom is 0.150 e. The highest BCUT2D eigenvalue weighted by Gasteiger charge is 2.07. The lowest BCUT2D eigenvalue weighted by Gasteiger charge is -2.19. The summed E-state index contributed by atoms with van der Waals surface area (Å²) in [6, 6.07) is 5.90. The van der Waals surface area contributed by atoms with E-state index in [0.717, 1.165) is 42.3 Å². The Morgan fingerprint density at radius 2 is 2.25 bits per heavy atom. The van der Waals surface area contributed by atoms with Crippen molar-refractivity contribution in [3.8, 4) is 0 Å². The minimum atomic E-state index is 0.741. The largest absolute Gasteiger partial charge is 0.363 e. The van der Waals surface area contributed by atoms with E-state index in [1.54, 1.807) is 10.9 Å². The second kappa shape index (κ2) is 7.04. The van der Waals surface area contributed by atoms with Gasteiger partial charge in [-0.3, -0.25) is 4.98 Å². The number of aromatic nitrogens is 5. The number of nitrogens with zero attached hydrogens (tertiary/aromatic N) is 6. The standard InChI is InChI=1S/C13H18N6S/c1-18(10-11-6-3-4-9-14-11)13(20)8-5-7-12-15-16-17-19(12)2/h3-4,6,9H,5,7-8,10H2,1-2H3. The normalized spacial score (nSPS) is 10.5. The Morgan fingerprint density at radius 3 is 2.90 bits per heavy atom. The zero-order chi connectivity index (χ0) is 14.4. The first-order valence-corrected chi connectivity index (χ1v) is 6.92. The molecule has 0 radical (unpaired) electrons. The molecule has 2 rings (SSSR count). The molecule has 0 spiro atoms. The van der Waals surface area contributed by atoms with Crippen LogP contribution < -0.4 is 0 Å². The number of thiocarbonyl (C=S) groups is 1. The van der Waals surface area contributed by atoms with Gasteiger partial charge in [0.15, 0.2) is 5.82 Å². The van der Waals surface area contributed by atoms with Crippen molar-refractivity contribution >= 4 is 17.2 Å². The fourth-order valence-corrected chi connectivity index (χ4v) is 2.08. The molecule has 0 atom stereocenters. The highest BCUT2D eigenvalue weighted by molar-refractivity contribution is 7.80. The molecular formula is C13H18N6S. The molecule has 20 heavy (non-hydrogen) atoms. The lowest BCUT2D eigenvalue weighted by Crippen LogP contribution is -2.24. The Bertz CT molecular complexity index is 553. The quantitative estimate of drug-likeness (QED) is 0.749. The Morgan fingerprint density at radius 1 is 1.40 bits per heavy atom. The SMILES string of the molecule is CN(Cc1ccccn1)C(=S)CCCc1nnnn1C. The van der Waals surface area contributed by atoms with Crippen LogP contribution in [-0.2, 0) is 20.0 Å². The summed E-state index contributed by atoms with van der Waals surface area (Å²) in [4.78, 5) is 7.30. The molecule has 2 aromatic heterocycles. The maximum absolute atomic E-state index is 5.44. The van der Waals surface area contributed by atoms with E-state index in [9.17, 15) is 0 Å². The minimum Gasteiger partial charge on any atom is -0.363 e. The molecule has 0 aliphatic carbocycles. The van der Waals surface area contributed by atoms with Gasteiger partial charge in [-0.05, 0) is 35.4 Å². The summed E-state index contributed by atoms with van der Waals surface area (Å²) in [5, 5.41) is 11.4. The molecule has 0 aliphatic heterocycles. The number of rotatable bonds is 6. The summed E-state index contributed by atoms with van der Waals surface area (Å²) in [6.45, 7) is 0.741. The van der Waals surface area contributed by atoms with Crippen molar-refractivity contribution < 1.29 is 0 Å². The zero-order valence-electron chi connectivity index (χ0n) is 11.7. The third kappa shape index (κ3) is 4.06. The van der Waals surface area contributed by atoms with Gasteiger partial charge in [0.25, 0.3) is 0 Å². The van der Waals surface area contributed by atoms with Gasteiger partial charge in [-0.15, -0.1) is 5.10 Å². The zero-order valence-corrected chi connectivity index (χ0v) is 12.5. The van der Waals surface area contributed by atoms with Crippen molar-refractivity contribution in [1.29, 1.82) is 0 Å². The van der Waals surface area contributed by atoms with E-state index >= 15 is 0 Å². The van der Waals surface area contributed by atoms with Crippen LogP contribution in [0.15, 0.2) is 24.4 Å². The highest BCUT2D eigenvalue weighted by atomic mass is 32.1.